The number of hydrogen-bond acceptors (Lipinski definition) is 7. The number of esters is 2. The van der Waals surface area contributed by atoms with Crippen LogP contribution in [0.25, 0.3) is 0 Å². The lowest BCUT2D eigenvalue weighted by molar-refractivity contribution is -0.160. The van der Waals surface area contributed by atoms with E-state index >= 15 is 0 Å². The monoisotopic (exact) mass is 432 g/mol. The minimum absolute atomic E-state index is 0.0283. The number of ether oxygens (including phenoxy) is 1. The zero-order chi connectivity index (χ0) is 23.4. The van der Waals surface area contributed by atoms with Gasteiger partial charge < -0.3 is 26.0 Å². The molecule has 0 aliphatic rings. The molecule has 0 aromatic carbocycles. The highest BCUT2D eigenvalue weighted by Gasteiger charge is 2.19. The summed E-state index contributed by atoms with van der Waals surface area (Å²) in [5.41, 5.74) is 5.47. The van der Waals surface area contributed by atoms with Crippen molar-refractivity contribution in [2.45, 2.75) is 103 Å². The van der Waals surface area contributed by atoms with Crippen molar-refractivity contribution in [2.75, 3.05) is 7.05 Å². The predicted octanol–water partition coefficient (Wildman–Crippen LogP) is 2.85. The van der Waals surface area contributed by atoms with Crippen molar-refractivity contribution >= 4 is 23.9 Å². The van der Waals surface area contributed by atoms with Crippen molar-refractivity contribution in [1.29, 1.82) is 0 Å². The summed E-state index contributed by atoms with van der Waals surface area (Å²) in [4.78, 5) is 43.2. The average Bonchev–Trinajstić information content (AvgIpc) is 2.70. The summed E-state index contributed by atoms with van der Waals surface area (Å²) in [6.45, 7) is 3.78. The number of carbonyl (C=O) groups is 4. The molecular formula is C21H40N2O7. The van der Waals surface area contributed by atoms with Gasteiger partial charge >= 0.3 is 23.9 Å². The molecule has 9 nitrogen and oxygen atoms in total. The van der Waals surface area contributed by atoms with Crippen LogP contribution in [0, 0.1) is 0 Å². The van der Waals surface area contributed by atoms with Gasteiger partial charge in [0.1, 0.15) is 12.1 Å². The first-order chi connectivity index (χ1) is 14.1. The van der Waals surface area contributed by atoms with E-state index in [-0.39, 0.29) is 19.3 Å². The van der Waals surface area contributed by atoms with E-state index in [2.05, 4.69) is 17.0 Å². The van der Waals surface area contributed by atoms with Crippen LogP contribution in [0.5, 0.6) is 0 Å². The summed E-state index contributed by atoms with van der Waals surface area (Å²) >= 11 is 0. The van der Waals surface area contributed by atoms with E-state index < -0.39 is 36.0 Å². The lowest BCUT2D eigenvalue weighted by Crippen LogP contribution is -2.34. The molecule has 0 fully saturated rings. The van der Waals surface area contributed by atoms with Crippen LogP contribution in [0.4, 0.5) is 0 Å². The number of unbranched alkanes of at least 4 members (excludes halogenated alkanes) is 8. The molecule has 0 spiro atoms. The smallest absolute Gasteiger partial charge is 0.330 e. The molecule has 0 radical (unpaired) electrons. The summed E-state index contributed by atoms with van der Waals surface area (Å²) < 4.78 is 4.62. The molecule has 0 aliphatic heterocycles. The number of nitrogens with one attached hydrogen (secondary N) is 1. The Morgan fingerprint density at radius 3 is 1.80 bits per heavy atom. The third-order valence-electron chi connectivity index (χ3n) is 4.47. The van der Waals surface area contributed by atoms with Gasteiger partial charge in [0.05, 0.1) is 0 Å². The summed E-state index contributed by atoms with van der Waals surface area (Å²) in [7, 11) is 1.61. The number of likely N-dealkylation sites (N-methyl/N-ethyl adjacent to an activating group) is 1. The topological polar surface area (TPSA) is 156 Å². The Labute approximate surface area is 179 Å². The fourth-order valence-corrected chi connectivity index (χ4v) is 2.34. The standard InChI is InChI=1S/C17H31NO5.C4H9NO2/c1-2-3-4-5-6-7-8-9-10-11-16(21)23-17(22)14(18)12-13-15(19)20;1-3(5-2)4(6)7/h14H,2-13,18H2,1H3,(H,19,20);3,5H,1-2H3,(H,6,7). The van der Waals surface area contributed by atoms with Gasteiger partial charge in [-0.15, -0.1) is 0 Å². The SMILES string of the molecule is CCCCCCCCCCCC(=O)OC(=O)C(N)CCC(=O)O.CNC(C)C(=O)O. The van der Waals surface area contributed by atoms with Crippen molar-refractivity contribution in [2.24, 2.45) is 5.73 Å². The molecule has 0 amide bonds. The molecule has 0 aliphatic carbocycles. The van der Waals surface area contributed by atoms with Crippen molar-refractivity contribution in [1.82, 2.24) is 5.32 Å². The first kappa shape index (κ1) is 30.2. The second-order valence-electron chi connectivity index (χ2n) is 7.26. The third-order valence-corrected chi connectivity index (χ3v) is 4.47. The minimum Gasteiger partial charge on any atom is -0.481 e. The number of rotatable bonds is 16. The molecule has 0 rings (SSSR count). The van der Waals surface area contributed by atoms with E-state index in [0.29, 0.717) is 6.42 Å². The van der Waals surface area contributed by atoms with Gasteiger partial charge in [0.15, 0.2) is 0 Å². The Morgan fingerprint density at radius 1 is 0.900 bits per heavy atom. The lowest BCUT2D eigenvalue weighted by atomic mass is 10.1. The van der Waals surface area contributed by atoms with E-state index in [1.807, 2.05) is 0 Å². The fourth-order valence-electron chi connectivity index (χ4n) is 2.34. The maximum atomic E-state index is 11.5. The van der Waals surface area contributed by atoms with Gasteiger partial charge in [-0.05, 0) is 26.8 Å². The van der Waals surface area contributed by atoms with E-state index in [0.717, 1.165) is 12.8 Å². The van der Waals surface area contributed by atoms with Crippen LogP contribution in [-0.4, -0.2) is 53.2 Å². The highest BCUT2D eigenvalue weighted by Crippen LogP contribution is 2.11. The lowest BCUT2D eigenvalue weighted by Gasteiger charge is -2.09. The largest absolute Gasteiger partial charge is 0.481 e. The first-order valence-electron chi connectivity index (χ1n) is 10.8. The van der Waals surface area contributed by atoms with Gasteiger partial charge in [-0.1, -0.05) is 58.3 Å². The van der Waals surface area contributed by atoms with E-state index in [1.54, 1.807) is 14.0 Å². The van der Waals surface area contributed by atoms with Crippen LogP contribution in [0.2, 0.25) is 0 Å². The Kier molecular flexibility index (Phi) is 20.4. The maximum absolute atomic E-state index is 11.5. The number of hydrogen-bond donors (Lipinski definition) is 4. The molecule has 5 N–H and O–H groups in total. The van der Waals surface area contributed by atoms with Crippen LogP contribution < -0.4 is 11.1 Å². The normalized spacial score (nSPS) is 12.3. The Bertz CT molecular complexity index is 498. The van der Waals surface area contributed by atoms with Gasteiger partial charge in [-0.25, -0.2) is 4.79 Å². The van der Waals surface area contributed by atoms with E-state index in [9.17, 15) is 19.2 Å². The minimum atomic E-state index is -1.06. The molecule has 2 unspecified atom stereocenters. The highest BCUT2D eigenvalue weighted by molar-refractivity contribution is 5.88. The summed E-state index contributed by atoms with van der Waals surface area (Å²) in [5.74, 6) is -3.27. The second-order valence-corrected chi connectivity index (χ2v) is 7.26. The first-order valence-corrected chi connectivity index (χ1v) is 10.8. The zero-order valence-electron chi connectivity index (χ0n) is 18.7. The van der Waals surface area contributed by atoms with Gasteiger partial charge in [0, 0.05) is 12.8 Å². The number of carbonyl (C=O) groups excluding carboxylic acids is 2. The number of aliphatic carboxylic acids is 2. The summed E-state index contributed by atoms with van der Waals surface area (Å²) in [6, 6.07) is -1.49. The molecule has 0 bridgehead atoms. The number of carboxylic acids is 2. The maximum Gasteiger partial charge on any atom is 0.330 e. The van der Waals surface area contributed by atoms with Crippen LogP contribution in [-0.2, 0) is 23.9 Å². The molecule has 0 aromatic rings. The van der Waals surface area contributed by atoms with Crippen LogP contribution in [0.15, 0.2) is 0 Å². The quantitative estimate of drug-likeness (QED) is 0.163. The van der Waals surface area contributed by atoms with Crippen LogP contribution in [0.1, 0.15) is 90.9 Å². The molecule has 30 heavy (non-hydrogen) atoms. The van der Waals surface area contributed by atoms with Crippen molar-refractivity contribution in [3.8, 4) is 0 Å². The molecular weight excluding hydrogens is 392 g/mol. The Hall–Kier alpha value is -2.00. The van der Waals surface area contributed by atoms with E-state index in [1.165, 1.54) is 38.5 Å². The van der Waals surface area contributed by atoms with Crippen LogP contribution >= 0.6 is 0 Å². The van der Waals surface area contributed by atoms with Crippen molar-refractivity contribution in [3.05, 3.63) is 0 Å². The second kappa shape index (κ2) is 20.3. The average molecular weight is 433 g/mol. The fraction of sp³-hybridized carbons (Fsp3) is 0.810. The third kappa shape index (κ3) is 20.7. The zero-order valence-corrected chi connectivity index (χ0v) is 18.7. The van der Waals surface area contributed by atoms with Gasteiger partial charge in [-0.2, -0.15) is 0 Å². The van der Waals surface area contributed by atoms with Crippen molar-refractivity contribution < 1.29 is 34.1 Å². The summed E-state index contributed by atoms with van der Waals surface area (Å²) in [6.07, 6.45) is 10.2. The summed E-state index contributed by atoms with van der Waals surface area (Å²) in [5, 5.41) is 19.2. The number of nitrogens with two attached hydrogens (primary N) is 1. The van der Waals surface area contributed by atoms with Gasteiger partial charge in [0.2, 0.25) is 0 Å². The van der Waals surface area contributed by atoms with Gasteiger partial charge in [0.25, 0.3) is 0 Å². The molecule has 9 heteroatoms. The number of carboxylic acid groups (broad SMARTS) is 2. The molecule has 176 valence electrons. The van der Waals surface area contributed by atoms with Crippen molar-refractivity contribution in [3.63, 3.8) is 0 Å². The molecule has 0 saturated heterocycles. The van der Waals surface area contributed by atoms with Gasteiger partial charge in [-0.3, -0.25) is 14.4 Å². The Balaban J connectivity index is 0. The Morgan fingerprint density at radius 2 is 1.40 bits per heavy atom. The molecule has 2 atom stereocenters. The van der Waals surface area contributed by atoms with E-state index in [4.69, 9.17) is 15.9 Å². The molecule has 0 saturated carbocycles. The molecule has 0 heterocycles. The highest BCUT2D eigenvalue weighted by atomic mass is 16.6. The predicted molar refractivity (Wildman–Crippen MR) is 114 cm³/mol. The molecule has 0 aromatic heterocycles. The van der Waals surface area contributed by atoms with Crippen LogP contribution in [0.3, 0.4) is 0 Å².